The molecule has 3 atom stereocenters. The van der Waals surface area contributed by atoms with Crippen molar-refractivity contribution < 1.29 is 8.42 Å². The van der Waals surface area contributed by atoms with E-state index in [0.717, 1.165) is 11.1 Å². The maximum Gasteiger partial charge on any atom is 0.238 e. The lowest BCUT2D eigenvalue weighted by Gasteiger charge is -2.24. The van der Waals surface area contributed by atoms with Crippen LogP contribution in [0.15, 0.2) is 89.8 Å². The van der Waals surface area contributed by atoms with Crippen LogP contribution in [0.5, 0.6) is 0 Å². The minimum absolute atomic E-state index is 0.0852. The SMILES string of the molecule is NS(=O)(=O)c1ccc(C2C=C(c3ccc(Cl)cc3)C(Br)C2c2ccccc2)cc1. The average molecular weight is 489 g/mol. The summed E-state index contributed by atoms with van der Waals surface area (Å²) < 4.78 is 23.2. The number of halogens is 2. The van der Waals surface area contributed by atoms with E-state index in [0.29, 0.717) is 5.02 Å². The lowest BCUT2D eigenvalue weighted by atomic mass is 9.83. The van der Waals surface area contributed by atoms with Gasteiger partial charge in [0.05, 0.1) is 4.90 Å². The van der Waals surface area contributed by atoms with Crippen LogP contribution in [0, 0.1) is 0 Å². The average Bonchev–Trinajstić information content (AvgIpc) is 3.06. The van der Waals surface area contributed by atoms with Crippen LogP contribution in [0.25, 0.3) is 5.57 Å². The van der Waals surface area contributed by atoms with E-state index in [4.69, 9.17) is 16.7 Å². The summed E-state index contributed by atoms with van der Waals surface area (Å²) in [5, 5.41) is 5.96. The van der Waals surface area contributed by atoms with Gasteiger partial charge in [0.25, 0.3) is 0 Å². The summed E-state index contributed by atoms with van der Waals surface area (Å²) in [6.07, 6.45) is 2.26. The van der Waals surface area contributed by atoms with Crippen LogP contribution in [-0.2, 0) is 10.0 Å². The van der Waals surface area contributed by atoms with Crippen LogP contribution in [0.2, 0.25) is 5.02 Å². The van der Waals surface area contributed by atoms with Crippen molar-refractivity contribution in [2.75, 3.05) is 0 Å². The molecule has 4 rings (SSSR count). The molecule has 1 aliphatic rings. The van der Waals surface area contributed by atoms with Gasteiger partial charge in [-0.25, -0.2) is 13.6 Å². The minimum atomic E-state index is -3.71. The molecule has 0 saturated carbocycles. The normalized spacial score (nSPS) is 21.8. The number of primary sulfonamides is 1. The highest BCUT2D eigenvalue weighted by molar-refractivity contribution is 9.09. The van der Waals surface area contributed by atoms with Crippen molar-refractivity contribution in [3.63, 3.8) is 0 Å². The third kappa shape index (κ3) is 4.19. The summed E-state index contributed by atoms with van der Waals surface area (Å²) >= 11 is 9.99. The number of rotatable bonds is 4. The number of allylic oxidation sites excluding steroid dienone is 2. The van der Waals surface area contributed by atoms with Gasteiger partial charge in [0.15, 0.2) is 0 Å². The molecule has 0 aliphatic heterocycles. The van der Waals surface area contributed by atoms with Crippen LogP contribution in [0.3, 0.4) is 0 Å². The van der Waals surface area contributed by atoms with E-state index in [1.54, 1.807) is 12.1 Å². The number of hydrogen-bond acceptors (Lipinski definition) is 2. The van der Waals surface area contributed by atoms with E-state index in [9.17, 15) is 8.42 Å². The summed E-state index contributed by atoms with van der Waals surface area (Å²) in [7, 11) is -3.71. The van der Waals surface area contributed by atoms with Gasteiger partial charge in [-0.05, 0) is 46.5 Å². The predicted molar refractivity (Wildman–Crippen MR) is 122 cm³/mol. The second-order valence-corrected chi connectivity index (χ2v) is 10.1. The van der Waals surface area contributed by atoms with Gasteiger partial charge >= 0.3 is 0 Å². The van der Waals surface area contributed by atoms with Gasteiger partial charge in [-0.15, -0.1) is 0 Å². The molecule has 0 bridgehead atoms. The number of alkyl halides is 1. The van der Waals surface area contributed by atoms with E-state index in [1.165, 1.54) is 11.1 Å². The summed E-state index contributed by atoms with van der Waals surface area (Å²) in [6.45, 7) is 0. The molecule has 1 aliphatic carbocycles. The molecule has 2 N–H and O–H groups in total. The first-order valence-corrected chi connectivity index (χ1v) is 12.0. The third-order valence-corrected chi connectivity index (χ3v) is 7.56. The number of sulfonamides is 1. The third-order valence-electron chi connectivity index (χ3n) is 5.31. The fraction of sp³-hybridized carbons (Fsp3) is 0.130. The lowest BCUT2D eigenvalue weighted by molar-refractivity contribution is 0.597. The van der Waals surface area contributed by atoms with Gasteiger partial charge in [0.1, 0.15) is 0 Å². The van der Waals surface area contributed by atoms with Crippen molar-refractivity contribution in [1.29, 1.82) is 0 Å². The maximum atomic E-state index is 11.6. The monoisotopic (exact) mass is 487 g/mol. The molecular formula is C23H19BrClNO2S. The Balaban J connectivity index is 1.79. The summed E-state index contributed by atoms with van der Waals surface area (Å²) in [4.78, 5) is 0.224. The summed E-state index contributed by atoms with van der Waals surface area (Å²) in [5.74, 6) is 0.254. The van der Waals surface area contributed by atoms with Crippen molar-refractivity contribution in [2.45, 2.75) is 21.6 Å². The van der Waals surface area contributed by atoms with Gasteiger partial charge in [-0.1, -0.05) is 88.2 Å². The van der Waals surface area contributed by atoms with Crippen molar-refractivity contribution in [3.05, 3.63) is 107 Å². The molecule has 6 heteroatoms. The fourth-order valence-corrected chi connectivity index (χ4v) is 5.59. The number of hydrogen-bond donors (Lipinski definition) is 1. The predicted octanol–water partition coefficient (Wildman–Crippen LogP) is 5.72. The second kappa shape index (κ2) is 8.07. The van der Waals surface area contributed by atoms with Gasteiger partial charge < -0.3 is 0 Å². The molecule has 0 radical (unpaired) electrons. The Hall–Kier alpha value is -1.92. The highest BCUT2D eigenvalue weighted by Gasteiger charge is 2.38. The molecule has 0 amide bonds. The number of nitrogens with two attached hydrogens (primary N) is 1. The second-order valence-electron chi connectivity index (χ2n) is 7.11. The maximum absolute atomic E-state index is 11.6. The van der Waals surface area contributed by atoms with E-state index in [1.807, 2.05) is 54.6 Å². The zero-order chi connectivity index (χ0) is 20.6. The highest BCUT2D eigenvalue weighted by Crippen LogP contribution is 2.51. The first kappa shape index (κ1) is 20.4. The van der Waals surface area contributed by atoms with Crippen LogP contribution < -0.4 is 5.14 Å². The standard InChI is InChI=1S/C23H19BrClNO2S/c24-23-21(16-6-10-18(25)11-7-16)14-20(22(23)17-4-2-1-3-5-17)15-8-12-19(13-9-15)29(26,27)28/h1-14,20,22-23H,(H2,26,27,28). The Bertz CT molecular complexity index is 1140. The zero-order valence-corrected chi connectivity index (χ0v) is 18.5. The molecule has 148 valence electrons. The van der Waals surface area contributed by atoms with E-state index < -0.39 is 10.0 Å². The molecule has 0 aromatic heterocycles. The van der Waals surface area contributed by atoms with Crippen LogP contribution >= 0.6 is 27.5 Å². The lowest BCUT2D eigenvalue weighted by Crippen LogP contribution is -2.15. The first-order chi connectivity index (χ1) is 13.8. The quantitative estimate of drug-likeness (QED) is 0.478. The molecule has 0 heterocycles. The van der Waals surface area contributed by atoms with Gasteiger partial charge in [-0.2, -0.15) is 0 Å². The Labute approximate surface area is 184 Å². The smallest absolute Gasteiger partial charge is 0.225 e. The van der Waals surface area contributed by atoms with E-state index in [2.05, 4.69) is 34.1 Å². The fourth-order valence-electron chi connectivity index (χ4n) is 3.90. The molecule has 3 aromatic carbocycles. The van der Waals surface area contributed by atoms with E-state index in [-0.39, 0.29) is 21.6 Å². The Morgan fingerprint density at radius 1 is 0.828 bits per heavy atom. The van der Waals surface area contributed by atoms with Crippen molar-refractivity contribution in [1.82, 2.24) is 0 Å². The largest absolute Gasteiger partial charge is 0.238 e. The van der Waals surface area contributed by atoms with Crippen molar-refractivity contribution in [2.24, 2.45) is 5.14 Å². The van der Waals surface area contributed by atoms with Crippen LogP contribution in [0.4, 0.5) is 0 Å². The van der Waals surface area contributed by atoms with Crippen LogP contribution in [0.1, 0.15) is 28.5 Å². The number of benzene rings is 3. The Morgan fingerprint density at radius 3 is 2.03 bits per heavy atom. The van der Waals surface area contributed by atoms with Gasteiger partial charge in [0.2, 0.25) is 10.0 Å². The topological polar surface area (TPSA) is 60.2 Å². The van der Waals surface area contributed by atoms with Crippen molar-refractivity contribution in [3.8, 4) is 0 Å². The van der Waals surface area contributed by atoms with Gasteiger partial charge in [0, 0.05) is 21.7 Å². The molecular weight excluding hydrogens is 470 g/mol. The molecule has 3 aromatic rings. The Morgan fingerprint density at radius 2 is 1.45 bits per heavy atom. The molecule has 0 saturated heterocycles. The zero-order valence-electron chi connectivity index (χ0n) is 15.4. The molecule has 3 unspecified atom stereocenters. The summed E-state index contributed by atoms with van der Waals surface area (Å²) in [5.41, 5.74) is 4.56. The van der Waals surface area contributed by atoms with E-state index >= 15 is 0 Å². The Kier molecular flexibility index (Phi) is 5.67. The molecule has 3 nitrogen and oxygen atoms in total. The molecule has 29 heavy (non-hydrogen) atoms. The molecule has 0 fully saturated rings. The van der Waals surface area contributed by atoms with Crippen molar-refractivity contribution >= 4 is 43.1 Å². The highest BCUT2D eigenvalue weighted by atomic mass is 79.9. The van der Waals surface area contributed by atoms with Crippen LogP contribution in [-0.4, -0.2) is 13.2 Å². The molecule has 0 spiro atoms. The van der Waals surface area contributed by atoms with Gasteiger partial charge in [-0.3, -0.25) is 0 Å². The summed E-state index contributed by atoms with van der Waals surface area (Å²) in [6, 6.07) is 25.0. The first-order valence-electron chi connectivity index (χ1n) is 9.14. The minimum Gasteiger partial charge on any atom is -0.225 e.